The van der Waals surface area contributed by atoms with Crippen molar-refractivity contribution in [1.29, 1.82) is 0 Å². The number of aliphatic hydroxyl groups excluding tert-OH is 1. The second-order valence-corrected chi connectivity index (χ2v) is 3.40. The molecule has 1 unspecified atom stereocenters. The lowest BCUT2D eigenvalue weighted by Crippen LogP contribution is -2.46. The molecule has 6 nitrogen and oxygen atoms in total. The average molecular weight is 239 g/mol. The zero-order chi connectivity index (χ0) is 12.8. The van der Waals surface area contributed by atoms with Gasteiger partial charge in [0.2, 0.25) is 0 Å². The molecule has 0 aliphatic rings. The van der Waals surface area contributed by atoms with E-state index in [1.165, 1.54) is 0 Å². The fourth-order valence-corrected chi connectivity index (χ4v) is 1.10. The highest BCUT2D eigenvalue weighted by Gasteiger charge is 2.29. The first-order chi connectivity index (χ1) is 8.02. The van der Waals surface area contributed by atoms with Crippen LogP contribution < -0.4 is 5.73 Å². The number of hydrogen-bond donors (Lipinski definition) is 3. The quantitative estimate of drug-likeness (QED) is 0.598. The Morgan fingerprint density at radius 1 is 1.29 bits per heavy atom. The van der Waals surface area contributed by atoms with E-state index in [9.17, 15) is 14.7 Å². The molecular weight excluding hydrogens is 226 g/mol. The normalized spacial score (nSPS) is 13.8. The van der Waals surface area contributed by atoms with Gasteiger partial charge >= 0.3 is 11.9 Å². The van der Waals surface area contributed by atoms with E-state index in [-0.39, 0.29) is 6.61 Å². The Morgan fingerprint density at radius 3 is 2.41 bits per heavy atom. The molecule has 0 amide bonds. The van der Waals surface area contributed by atoms with Crippen molar-refractivity contribution in [2.45, 2.75) is 18.8 Å². The van der Waals surface area contributed by atoms with Crippen molar-refractivity contribution in [3.63, 3.8) is 0 Å². The molecule has 0 saturated carbocycles. The lowest BCUT2D eigenvalue weighted by molar-refractivity contribution is -0.160. The Hall–Kier alpha value is -1.92. The predicted molar refractivity (Wildman–Crippen MR) is 57.9 cm³/mol. The standard InChI is InChI=1S/C11H13NO5/c12-8(10(14)15)9(13)11(16)17-6-7-4-2-1-3-5-7/h1-5,8-9,13H,6,12H2,(H,14,15)/t8-,9?/m1/s1. The maximum Gasteiger partial charge on any atom is 0.337 e. The molecule has 0 saturated heterocycles. The summed E-state index contributed by atoms with van der Waals surface area (Å²) in [6.45, 7) is -0.0386. The molecule has 17 heavy (non-hydrogen) atoms. The van der Waals surface area contributed by atoms with Crippen LogP contribution in [0.4, 0.5) is 0 Å². The summed E-state index contributed by atoms with van der Waals surface area (Å²) in [6, 6.07) is 7.12. The molecule has 1 rings (SSSR count). The number of nitrogens with two attached hydrogens (primary N) is 1. The summed E-state index contributed by atoms with van der Waals surface area (Å²) in [5.41, 5.74) is 5.81. The number of carbonyl (C=O) groups is 2. The Bertz CT molecular complexity index is 392. The maximum atomic E-state index is 11.2. The van der Waals surface area contributed by atoms with Gasteiger partial charge in [-0.05, 0) is 5.56 Å². The van der Waals surface area contributed by atoms with Crippen molar-refractivity contribution in [1.82, 2.24) is 0 Å². The number of rotatable bonds is 5. The van der Waals surface area contributed by atoms with Gasteiger partial charge in [0.1, 0.15) is 12.6 Å². The van der Waals surface area contributed by atoms with Crippen molar-refractivity contribution in [3.8, 4) is 0 Å². The second-order valence-electron chi connectivity index (χ2n) is 3.40. The van der Waals surface area contributed by atoms with Crippen molar-refractivity contribution >= 4 is 11.9 Å². The van der Waals surface area contributed by atoms with Crippen molar-refractivity contribution in [2.24, 2.45) is 5.73 Å². The van der Waals surface area contributed by atoms with E-state index in [0.29, 0.717) is 0 Å². The van der Waals surface area contributed by atoms with Gasteiger partial charge in [0.15, 0.2) is 6.10 Å². The fourth-order valence-electron chi connectivity index (χ4n) is 1.10. The van der Waals surface area contributed by atoms with Gasteiger partial charge in [-0.3, -0.25) is 4.79 Å². The molecule has 92 valence electrons. The maximum absolute atomic E-state index is 11.2. The van der Waals surface area contributed by atoms with Crippen LogP contribution in [0.25, 0.3) is 0 Å². The number of ether oxygens (including phenoxy) is 1. The van der Waals surface area contributed by atoms with Crippen LogP contribution in [0.15, 0.2) is 30.3 Å². The summed E-state index contributed by atoms with van der Waals surface area (Å²) >= 11 is 0. The first kappa shape index (κ1) is 13.1. The van der Waals surface area contributed by atoms with Crippen LogP contribution >= 0.6 is 0 Å². The zero-order valence-electron chi connectivity index (χ0n) is 8.95. The number of carbonyl (C=O) groups excluding carboxylic acids is 1. The lowest BCUT2D eigenvalue weighted by Gasteiger charge is -2.13. The summed E-state index contributed by atoms with van der Waals surface area (Å²) in [7, 11) is 0. The van der Waals surface area contributed by atoms with Crippen LogP contribution in [0.5, 0.6) is 0 Å². The summed E-state index contributed by atoms with van der Waals surface area (Å²) in [6.07, 6.45) is -1.86. The third-order valence-corrected chi connectivity index (χ3v) is 2.09. The Morgan fingerprint density at radius 2 is 1.88 bits per heavy atom. The van der Waals surface area contributed by atoms with Crippen LogP contribution in [-0.2, 0) is 20.9 Å². The molecule has 0 fully saturated rings. The van der Waals surface area contributed by atoms with Gasteiger partial charge < -0.3 is 20.7 Å². The summed E-state index contributed by atoms with van der Waals surface area (Å²) in [5.74, 6) is -2.52. The minimum Gasteiger partial charge on any atom is -0.480 e. The van der Waals surface area contributed by atoms with Gasteiger partial charge in [-0.15, -0.1) is 0 Å². The molecule has 1 aromatic rings. The van der Waals surface area contributed by atoms with Gasteiger partial charge in [0.05, 0.1) is 0 Å². The van der Waals surface area contributed by atoms with Crippen LogP contribution in [0.1, 0.15) is 5.56 Å². The molecular formula is C11H13NO5. The number of carboxylic acid groups (broad SMARTS) is 1. The lowest BCUT2D eigenvalue weighted by atomic mass is 10.2. The molecule has 6 heteroatoms. The third kappa shape index (κ3) is 3.86. The van der Waals surface area contributed by atoms with Gasteiger partial charge in [-0.1, -0.05) is 30.3 Å². The average Bonchev–Trinajstić information content (AvgIpc) is 2.35. The Labute approximate surface area is 97.6 Å². The number of benzene rings is 1. The molecule has 0 aliphatic carbocycles. The van der Waals surface area contributed by atoms with Crippen molar-refractivity contribution in [2.75, 3.05) is 0 Å². The topological polar surface area (TPSA) is 110 Å². The highest BCUT2D eigenvalue weighted by Crippen LogP contribution is 2.03. The monoisotopic (exact) mass is 239 g/mol. The minimum absolute atomic E-state index is 0.0386. The van der Waals surface area contributed by atoms with Gasteiger partial charge in [0, 0.05) is 0 Å². The Kier molecular flexibility index (Phi) is 4.62. The van der Waals surface area contributed by atoms with Crippen LogP contribution in [0, 0.1) is 0 Å². The van der Waals surface area contributed by atoms with E-state index in [4.69, 9.17) is 15.6 Å². The first-order valence-corrected chi connectivity index (χ1v) is 4.89. The SMILES string of the molecule is N[C@@H](C(=O)O)C(O)C(=O)OCc1ccccc1. The summed E-state index contributed by atoms with van der Waals surface area (Å²) in [5, 5.41) is 17.7. The van der Waals surface area contributed by atoms with Crippen molar-refractivity contribution in [3.05, 3.63) is 35.9 Å². The molecule has 0 aromatic heterocycles. The Balaban J connectivity index is 2.47. The highest BCUT2D eigenvalue weighted by atomic mass is 16.5. The number of hydrogen-bond acceptors (Lipinski definition) is 5. The largest absolute Gasteiger partial charge is 0.480 e. The molecule has 0 spiro atoms. The molecule has 0 bridgehead atoms. The molecule has 4 N–H and O–H groups in total. The summed E-state index contributed by atoms with van der Waals surface area (Å²) in [4.78, 5) is 21.7. The second kappa shape index (κ2) is 5.97. The van der Waals surface area contributed by atoms with Crippen molar-refractivity contribution < 1.29 is 24.5 Å². The third-order valence-electron chi connectivity index (χ3n) is 2.09. The zero-order valence-corrected chi connectivity index (χ0v) is 8.95. The van der Waals surface area contributed by atoms with Crippen LogP contribution in [0.3, 0.4) is 0 Å². The molecule has 1 aromatic carbocycles. The predicted octanol–water partition coefficient (Wildman–Crippen LogP) is -0.497. The number of carboxylic acids is 1. The summed E-state index contributed by atoms with van der Waals surface area (Å²) < 4.78 is 4.73. The van der Waals surface area contributed by atoms with Crippen LogP contribution in [0.2, 0.25) is 0 Å². The number of esters is 1. The molecule has 2 atom stereocenters. The highest BCUT2D eigenvalue weighted by molar-refractivity contribution is 5.84. The van der Waals surface area contributed by atoms with E-state index in [1.807, 2.05) is 0 Å². The number of aliphatic hydroxyl groups is 1. The van der Waals surface area contributed by atoms with E-state index in [1.54, 1.807) is 30.3 Å². The first-order valence-electron chi connectivity index (χ1n) is 4.89. The molecule has 0 radical (unpaired) electrons. The van der Waals surface area contributed by atoms with Crippen LogP contribution in [-0.4, -0.2) is 34.3 Å². The fraction of sp³-hybridized carbons (Fsp3) is 0.273. The smallest absolute Gasteiger partial charge is 0.337 e. The van der Waals surface area contributed by atoms with Gasteiger partial charge in [-0.25, -0.2) is 4.79 Å². The molecule has 0 heterocycles. The minimum atomic E-state index is -1.86. The molecule has 0 aliphatic heterocycles. The van der Waals surface area contributed by atoms with E-state index < -0.39 is 24.1 Å². The number of aliphatic carboxylic acids is 1. The van der Waals surface area contributed by atoms with E-state index >= 15 is 0 Å². The van der Waals surface area contributed by atoms with E-state index in [0.717, 1.165) is 5.56 Å². The van der Waals surface area contributed by atoms with E-state index in [2.05, 4.69) is 0 Å². The van der Waals surface area contributed by atoms with Gasteiger partial charge in [-0.2, -0.15) is 0 Å². The van der Waals surface area contributed by atoms with Gasteiger partial charge in [0.25, 0.3) is 0 Å².